The lowest BCUT2D eigenvalue weighted by atomic mass is 10.1. The topological polar surface area (TPSA) is 118 Å². The van der Waals surface area contributed by atoms with Gasteiger partial charge in [0.2, 0.25) is 5.91 Å². The number of hydrogen-bond donors (Lipinski definition) is 2. The Kier molecular flexibility index (Phi) is 6.18. The average molecular weight is 433 g/mol. The van der Waals surface area contributed by atoms with E-state index >= 15 is 0 Å². The van der Waals surface area contributed by atoms with Gasteiger partial charge in [-0.3, -0.25) is 19.0 Å². The summed E-state index contributed by atoms with van der Waals surface area (Å²) in [4.78, 5) is 36.4. The predicted molar refractivity (Wildman–Crippen MR) is 121 cm³/mol. The van der Waals surface area contributed by atoms with Crippen LogP contribution >= 0.6 is 11.3 Å². The second kappa shape index (κ2) is 8.81. The van der Waals surface area contributed by atoms with E-state index in [4.69, 9.17) is 5.73 Å². The van der Waals surface area contributed by atoms with Crippen LogP contribution in [0.5, 0.6) is 0 Å². The highest BCUT2D eigenvalue weighted by molar-refractivity contribution is 7.07. The van der Waals surface area contributed by atoms with Crippen LogP contribution in [0.4, 0.5) is 5.69 Å². The zero-order valence-corrected chi connectivity index (χ0v) is 18.0. The van der Waals surface area contributed by atoms with Crippen LogP contribution in [0.15, 0.2) is 47.3 Å². The number of aryl methyl sites for hydroxylation is 2. The van der Waals surface area contributed by atoms with Crippen LogP contribution in [-0.2, 0) is 9.59 Å². The van der Waals surface area contributed by atoms with Crippen molar-refractivity contribution in [3.8, 4) is 11.8 Å². The Hall–Kier alpha value is -3.96. The van der Waals surface area contributed by atoms with Crippen LogP contribution in [0, 0.1) is 25.2 Å². The van der Waals surface area contributed by atoms with E-state index in [-0.39, 0.29) is 21.7 Å². The van der Waals surface area contributed by atoms with Gasteiger partial charge >= 0.3 is 0 Å². The van der Waals surface area contributed by atoms with Gasteiger partial charge in [-0.1, -0.05) is 24.3 Å². The molecular formula is C23H20N4O3S. The standard InChI is InChI=1S/C23H20N4O3S/c1-13-4-5-14(2)19(10-13)27-22(30)20(31-23(27)18(12-24)21(25)29)11-16-6-8-17(9-7-16)26-15(3)28/h4-11H,1-3H3,(H2,25,29)(H,26,28). The van der Waals surface area contributed by atoms with Gasteiger partial charge in [0.25, 0.3) is 11.5 Å². The molecule has 3 N–H and O–H groups in total. The molecule has 31 heavy (non-hydrogen) atoms. The van der Waals surface area contributed by atoms with Gasteiger partial charge in [0.1, 0.15) is 10.7 Å². The predicted octanol–water partition coefficient (Wildman–Crippen LogP) is 1.46. The Bertz CT molecular complexity index is 1410. The second-order valence-corrected chi connectivity index (χ2v) is 8.03. The number of amides is 2. The molecule has 1 aromatic heterocycles. The molecule has 7 nitrogen and oxygen atoms in total. The monoisotopic (exact) mass is 432 g/mol. The van der Waals surface area contributed by atoms with Crippen molar-refractivity contribution in [1.29, 1.82) is 5.26 Å². The molecule has 0 radical (unpaired) electrons. The molecule has 3 rings (SSSR count). The minimum atomic E-state index is -0.894. The fourth-order valence-electron chi connectivity index (χ4n) is 3.05. The van der Waals surface area contributed by atoms with E-state index in [9.17, 15) is 19.6 Å². The van der Waals surface area contributed by atoms with Gasteiger partial charge in [-0.05, 0) is 54.8 Å². The summed E-state index contributed by atoms with van der Waals surface area (Å²) in [6, 6.07) is 14.4. The number of anilines is 1. The molecule has 0 atom stereocenters. The summed E-state index contributed by atoms with van der Waals surface area (Å²) >= 11 is 1.03. The number of aromatic nitrogens is 1. The SMILES string of the molecule is CC(=O)Nc1ccc(C=c2sc(=C(C#N)C(N)=O)n(-c3cc(C)ccc3C)c2=O)cc1. The molecule has 2 amide bonds. The summed E-state index contributed by atoms with van der Waals surface area (Å²) in [7, 11) is 0. The lowest BCUT2D eigenvalue weighted by Crippen LogP contribution is -2.33. The highest BCUT2D eigenvalue weighted by atomic mass is 32.1. The highest BCUT2D eigenvalue weighted by Gasteiger charge is 2.16. The molecular weight excluding hydrogens is 412 g/mol. The summed E-state index contributed by atoms with van der Waals surface area (Å²) in [5, 5.41) is 12.2. The van der Waals surface area contributed by atoms with E-state index in [1.807, 2.05) is 38.1 Å². The van der Waals surface area contributed by atoms with Crippen LogP contribution in [0.1, 0.15) is 23.6 Å². The van der Waals surface area contributed by atoms with Crippen molar-refractivity contribution in [2.24, 2.45) is 5.73 Å². The van der Waals surface area contributed by atoms with E-state index in [2.05, 4.69) is 5.32 Å². The minimum Gasteiger partial charge on any atom is -0.365 e. The quantitative estimate of drug-likeness (QED) is 0.649. The number of nitrogens with zero attached hydrogens (tertiary/aromatic N) is 2. The molecule has 0 fully saturated rings. The minimum absolute atomic E-state index is 0.179. The fraction of sp³-hybridized carbons (Fsp3) is 0.130. The van der Waals surface area contributed by atoms with Crippen molar-refractivity contribution >= 4 is 40.5 Å². The zero-order valence-electron chi connectivity index (χ0n) is 17.2. The number of carbonyl (C=O) groups is 2. The van der Waals surface area contributed by atoms with Gasteiger partial charge in [0.05, 0.1) is 10.2 Å². The van der Waals surface area contributed by atoms with E-state index < -0.39 is 5.91 Å². The van der Waals surface area contributed by atoms with Gasteiger partial charge < -0.3 is 11.1 Å². The molecule has 0 unspecified atom stereocenters. The molecule has 156 valence electrons. The number of nitrogens with one attached hydrogen (secondary N) is 1. The third-order valence-electron chi connectivity index (χ3n) is 4.53. The molecule has 0 bridgehead atoms. The molecule has 3 aromatic rings. The molecule has 1 heterocycles. The lowest BCUT2D eigenvalue weighted by molar-refractivity contribution is -0.114. The van der Waals surface area contributed by atoms with Crippen molar-refractivity contribution in [2.75, 3.05) is 5.32 Å². The number of carbonyl (C=O) groups excluding carboxylic acids is 2. The van der Waals surface area contributed by atoms with Gasteiger partial charge in [-0.25, -0.2) is 0 Å². The first-order chi connectivity index (χ1) is 14.7. The maximum Gasteiger partial charge on any atom is 0.273 e. The van der Waals surface area contributed by atoms with E-state index in [1.54, 1.807) is 30.3 Å². The number of rotatable bonds is 4. The van der Waals surface area contributed by atoms with Crippen LogP contribution in [-0.4, -0.2) is 16.4 Å². The Morgan fingerprint density at radius 2 is 1.84 bits per heavy atom. The van der Waals surface area contributed by atoms with Crippen molar-refractivity contribution in [2.45, 2.75) is 20.8 Å². The Morgan fingerprint density at radius 1 is 1.16 bits per heavy atom. The summed E-state index contributed by atoms with van der Waals surface area (Å²) in [5.41, 5.74) is 8.49. The number of thiazole rings is 1. The smallest absolute Gasteiger partial charge is 0.273 e. The molecule has 2 aromatic carbocycles. The number of benzene rings is 2. The van der Waals surface area contributed by atoms with Crippen molar-refractivity contribution < 1.29 is 9.59 Å². The zero-order chi connectivity index (χ0) is 22.7. The Morgan fingerprint density at radius 3 is 2.42 bits per heavy atom. The molecule has 0 aliphatic carbocycles. The Labute approximate surface area is 182 Å². The number of hydrogen-bond acceptors (Lipinski definition) is 5. The van der Waals surface area contributed by atoms with Crippen LogP contribution in [0.25, 0.3) is 17.3 Å². The van der Waals surface area contributed by atoms with Crippen molar-refractivity contribution in [3.05, 3.63) is 78.7 Å². The van der Waals surface area contributed by atoms with Crippen LogP contribution in [0.3, 0.4) is 0 Å². The Balaban J connectivity index is 2.31. The van der Waals surface area contributed by atoms with Crippen LogP contribution < -0.4 is 25.8 Å². The molecule has 0 saturated carbocycles. The van der Waals surface area contributed by atoms with Gasteiger partial charge in [0.15, 0.2) is 5.57 Å². The molecule has 0 aliphatic heterocycles. The first-order valence-electron chi connectivity index (χ1n) is 9.34. The van der Waals surface area contributed by atoms with E-state index in [0.29, 0.717) is 15.9 Å². The molecule has 0 spiro atoms. The second-order valence-electron chi connectivity index (χ2n) is 7.00. The van der Waals surface area contributed by atoms with Gasteiger partial charge in [-0.2, -0.15) is 5.26 Å². The molecule has 0 saturated heterocycles. The number of nitrogens with two attached hydrogens (primary N) is 1. The first-order valence-corrected chi connectivity index (χ1v) is 10.2. The maximum atomic E-state index is 13.3. The lowest BCUT2D eigenvalue weighted by Gasteiger charge is -2.08. The van der Waals surface area contributed by atoms with E-state index in [0.717, 1.165) is 28.0 Å². The normalized spacial score (nSPS) is 12.3. The average Bonchev–Trinajstić information content (AvgIpc) is 3.01. The molecule has 8 heteroatoms. The number of nitriles is 1. The first kappa shape index (κ1) is 21.7. The maximum absolute atomic E-state index is 13.3. The third-order valence-corrected chi connectivity index (χ3v) is 5.62. The van der Waals surface area contributed by atoms with Crippen LogP contribution in [0.2, 0.25) is 0 Å². The molecule has 0 aliphatic rings. The summed E-state index contributed by atoms with van der Waals surface area (Å²) in [6.07, 6.45) is 1.67. The van der Waals surface area contributed by atoms with Crippen molar-refractivity contribution in [3.63, 3.8) is 0 Å². The fourth-order valence-corrected chi connectivity index (χ4v) is 4.16. The third kappa shape index (κ3) is 4.63. The number of primary amides is 1. The van der Waals surface area contributed by atoms with Gasteiger partial charge in [-0.15, -0.1) is 11.3 Å². The highest BCUT2D eigenvalue weighted by Crippen LogP contribution is 2.14. The van der Waals surface area contributed by atoms with Gasteiger partial charge in [0, 0.05) is 12.6 Å². The largest absolute Gasteiger partial charge is 0.365 e. The summed E-state index contributed by atoms with van der Waals surface area (Å²) in [6.45, 7) is 5.17. The van der Waals surface area contributed by atoms with Crippen molar-refractivity contribution in [1.82, 2.24) is 4.57 Å². The van der Waals surface area contributed by atoms with E-state index in [1.165, 1.54) is 11.5 Å². The summed E-state index contributed by atoms with van der Waals surface area (Å²) in [5.74, 6) is -1.07. The summed E-state index contributed by atoms with van der Waals surface area (Å²) < 4.78 is 1.90.